The van der Waals surface area contributed by atoms with E-state index in [-0.39, 0.29) is 0 Å². The van der Waals surface area contributed by atoms with Gasteiger partial charge in [0.15, 0.2) is 11.5 Å². The van der Waals surface area contributed by atoms with Crippen LogP contribution in [0.3, 0.4) is 0 Å². The van der Waals surface area contributed by atoms with Crippen LogP contribution in [0.2, 0.25) is 0 Å². The molecule has 1 fully saturated rings. The highest BCUT2D eigenvalue weighted by molar-refractivity contribution is 5.93. The van der Waals surface area contributed by atoms with Crippen molar-refractivity contribution in [3.05, 3.63) is 18.2 Å². The lowest BCUT2D eigenvalue weighted by molar-refractivity contribution is 0.171. The molecular weight excluding hydrogens is 268 g/mol. The fourth-order valence-electron chi connectivity index (χ4n) is 2.76. The summed E-state index contributed by atoms with van der Waals surface area (Å²) in [6.45, 7) is 1.17. The number of hydrogen-bond donors (Lipinski definition) is 3. The van der Waals surface area contributed by atoms with Gasteiger partial charge in [-0.3, -0.25) is 5.43 Å². The van der Waals surface area contributed by atoms with Crippen LogP contribution in [0.5, 0.6) is 11.5 Å². The third-order valence-corrected chi connectivity index (χ3v) is 3.83. The van der Waals surface area contributed by atoms with Crippen molar-refractivity contribution >= 4 is 11.6 Å². The van der Waals surface area contributed by atoms with Crippen LogP contribution < -0.4 is 26.1 Å². The first kappa shape index (κ1) is 14.0. The van der Waals surface area contributed by atoms with Crippen molar-refractivity contribution in [1.29, 1.82) is 0 Å². The summed E-state index contributed by atoms with van der Waals surface area (Å²) in [5, 5.41) is 3.20. The molecule has 1 aliphatic heterocycles. The number of hydrazine groups is 1. The number of benzene rings is 1. The molecule has 0 saturated heterocycles. The van der Waals surface area contributed by atoms with E-state index in [0.29, 0.717) is 25.2 Å². The zero-order valence-corrected chi connectivity index (χ0v) is 12.1. The summed E-state index contributed by atoms with van der Waals surface area (Å²) in [6, 6.07) is 6.09. The quantitative estimate of drug-likeness (QED) is 0.336. The molecule has 6 heteroatoms. The standard InChI is InChI=1S/C15H22N4O2/c16-19-15(17-11-4-2-1-3-5-11)18-12-6-7-13-14(10-12)21-9-8-20-13/h6-7,10-11H,1-5,8-9,16H2,(H2,17,18,19). The van der Waals surface area contributed by atoms with Crippen molar-refractivity contribution in [2.24, 2.45) is 10.8 Å². The van der Waals surface area contributed by atoms with E-state index in [1.807, 2.05) is 18.2 Å². The number of aliphatic imine (C=N–C) groups is 1. The number of fused-ring (bicyclic) bond motifs is 1. The van der Waals surface area contributed by atoms with Gasteiger partial charge >= 0.3 is 0 Å². The number of ether oxygens (including phenoxy) is 2. The van der Waals surface area contributed by atoms with E-state index in [1.54, 1.807) is 0 Å². The summed E-state index contributed by atoms with van der Waals surface area (Å²) in [7, 11) is 0. The van der Waals surface area contributed by atoms with Gasteiger partial charge in [0, 0.05) is 11.8 Å². The Balaban J connectivity index is 1.69. The third kappa shape index (κ3) is 3.58. The second-order valence-corrected chi connectivity index (χ2v) is 5.40. The van der Waals surface area contributed by atoms with Crippen molar-refractivity contribution in [2.75, 3.05) is 18.5 Å². The fourth-order valence-corrected chi connectivity index (χ4v) is 2.76. The average molecular weight is 290 g/mol. The van der Waals surface area contributed by atoms with Crippen LogP contribution in [0.25, 0.3) is 0 Å². The molecule has 1 aromatic carbocycles. The Morgan fingerprint density at radius 3 is 2.62 bits per heavy atom. The number of nitrogens with two attached hydrogens (primary N) is 1. The topological polar surface area (TPSA) is 80.9 Å². The van der Waals surface area contributed by atoms with Crippen LogP contribution in [0.15, 0.2) is 23.2 Å². The fraction of sp³-hybridized carbons (Fsp3) is 0.533. The van der Waals surface area contributed by atoms with Crippen LogP contribution in [0.4, 0.5) is 5.69 Å². The molecule has 1 aromatic rings. The Bertz CT molecular complexity index is 512. The Kier molecular flexibility index (Phi) is 4.45. The van der Waals surface area contributed by atoms with Gasteiger partial charge in [-0.1, -0.05) is 19.3 Å². The highest BCUT2D eigenvalue weighted by Gasteiger charge is 2.15. The second kappa shape index (κ2) is 6.67. The molecule has 0 unspecified atom stereocenters. The molecule has 0 aromatic heterocycles. The minimum atomic E-state index is 0.356. The van der Waals surface area contributed by atoms with Gasteiger partial charge < -0.3 is 14.8 Å². The Morgan fingerprint density at radius 1 is 1.10 bits per heavy atom. The van der Waals surface area contributed by atoms with E-state index >= 15 is 0 Å². The second-order valence-electron chi connectivity index (χ2n) is 5.40. The summed E-state index contributed by atoms with van der Waals surface area (Å²) < 4.78 is 11.1. The molecule has 2 aliphatic rings. The summed E-state index contributed by atoms with van der Waals surface area (Å²) in [5.41, 5.74) is 3.53. The molecule has 0 radical (unpaired) electrons. The maximum absolute atomic E-state index is 5.58. The van der Waals surface area contributed by atoms with Crippen molar-refractivity contribution in [2.45, 2.75) is 38.1 Å². The van der Waals surface area contributed by atoms with Gasteiger partial charge in [-0.2, -0.15) is 0 Å². The van der Waals surface area contributed by atoms with Crippen LogP contribution >= 0.6 is 0 Å². The Labute approximate surface area is 124 Å². The van der Waals surface area contributed by atoms with Gasteiger partial charge in [0.05, 0.1) is 6.04 Å². The smallest absolute Gasteiger partial charge is 0.210 e. The zero-order chi connectivity index (χ0) is 14.5. The van der Waals surface area contributed by atoms with Crippen molar-refractivity contribution < 1.29 is 9.47 Å². The van der Waals surface area contributed by atoms with Gasteiger partial charge in [-0.05, 0) is 25.0 Å². The third-order valence-electron chi connectivity index (χ3n) is 3.83. The lowest BCUT2D eigenvalue weighted by Crippen LogP contribution is -2.37. The van der Waals surface area contributed by atoms with E-state index in [9.17, 15) is 0 Å². The SMILES string of the molecule is NNC(=NC1CCCCC1)Nc1ccc2c(c1)OCCO2. The number of hydrogen-bond acceptors (Lipinski definition) is 4. The zero-order valence-electron chi connectivity index (χ0n) is 12.1. The molecule has 1 heterocycles. The molecule has 6 nitrogen and oxygen atoms in total. The minimum absolute atomic E-state index is 0.356. The first-order valence-corrected chi connectivity index (χ1v) is 7.56. The molecule has 114 valence electrons. The molecule has 1 saturated carbocycles. The molecular formula is C15H22N4O2. The van der Waals surface area contributed by atoms with E-state index < -0.39 is 0 Å². The molecule has 0 atom stereocenters. The van der Waals surface area contributed by atoms with Crippen LogP contribution in [-0.2, 0) is 0 Å². The highest BCUT2D eigenvalue weighted by Crippen LogP contribution is 2.32. The Morgan fingerprint density at radius 2 is 1.86 bits per heavy atom. The maximum Gasteiger partial charge on any atom is 0.210 e. The monoisotopic (exact) mass is 290 g/mol. The largest absolute Gasteiger partial charge is 0.486 e. The lowest BCUT2D eigenvalue weighted by Gasteiger charge is -2.21. The van der Waals surface area contributed by atoms with E-state index in [4.69, 9.17) is 15.3 Å². The molecule has 0 bridgehead atoms. The van der Waals surface area contributed by atoms with E-state index in [1.165, 1.54) is 19.3 Å². The summed E-state index contributed by atoms with van der Waals surface area (Å²) in [6.07, 6.45) is 6.07. The molecule has 0 amide bonds. The van der Waals surface area contributed by atoms with Gasteiger partial charge in [0.25, 0.3) is 0 Å². The summed E-state index contributed by atoms with van der Waals surface area (Å²) >= 11 is 0. The molecule has 3 rings (SSSR count). The Hall–Kier alpha value is -1.95. The number of nitrogens with zero attached hydrogens (tertiary/aromatic N) is 1. The first-order chi connectivity index (χ1) is 10.3. The van der Waals surface area contributed by atoms with Crippen LogP contribution in [0, 0.1) is 0 Å². The highest BCUT2D eigenvalue weighted by atomic mass is 16.6. The van der Waals surface area contributed by atoms with Gasteiger partial charge in [-0.25, -0.2) is 10.8 Å². The summed E-state index contributed by atoms with van der Waals surface area (Å²) in [4.78, 5) is 4.66. The molecule has 21 heavy (non-hydrogen) atoms. The molecule has 4 N–H and O–H groups in total. The van der Waals surface area contributed by atoms with Crippen molar-refractivity contribution in [1.82, 2.24) is 5.43 Å². The summed E-state index contributed by atoms with van der Waals surface area (Å²) in [5.74, 6) is 7.70. The van der Waals surface area contributed by atoms with Crippen LogP contribution in [-0.4, -0.2) is 25.2 Å². The number of rotatable bonds is 2. The minimum Gasteiger partial charge on any atom is -0.486 e. The van der Waals surface area contributed by atoms with Gasteiger partial charge in [-0.15, -0.1) is 0 Å². The first-order valence-electron chi connectivity index (χ1n) is 7.56. The number of nitrogens with one attached hydrogen (secondary N) is 2. The van der Waals surface area contributed by atoms with Gasteiger partial charge in [0.2, 0.25) is 5.96 Å². The maximum atomic E-state index is 5.58. The van der Waals surface area contributed by atoms with Crippen molar-refractivity contribution in [3.8, 4) is 11.5 Å². The molecule has 0 spiro atoms. The number of anilines is 1. The van der Waals surface area contributed by atoms with E-state index in [0.717, 1.165) is 30.0 Å². The van der Waals surface area contributed by atoms with E-state index in [2.05, 4.69) is 15.7 Å². The number of guanidine groups is 1. The predicted octanol–water partition coefficient (Wildman–Crippen LogP) is 2.02. The van der Waals surface area contributed by atoms with Crippen molar-refractivity contribution in [3.63, 3.8) is 0 Å². The predicted molar refractivity (Wildman–Crippen MR) is 82.7 cm³/mol. The van der Waals surface area contributed by atoms with Crippen LogP contribution in [0.1, 0.15) is 32.1 Å². The molecule has 1 aliphatic carbocycles. The average Bonchev–Trinajstić information content (AvgIpc) is 2.55. The van der Waals surface area contributed by atoms with Gasteiger partial charge in [0.1, 0.15) is 13.2 Å². The lowest BCUT2D eigenvalue weighted by atomic mass is 9.96. The normalized spacial score (nSPS) is 19.2.